The average Bonchev–Trinajstić information content (AvgIpc) is 2.60. The van der Waals surface area contributed by atoms with Gasteiger partial charge in [0, 0.05) is 13.1 Å². The molecule has 0 amide bonds. The molecule has 2 aromatic carbocycles. The number of sulfonamides is 1. The van der Waals surface area contributed by atoms with E-state index >= 15 is 0 Å². The van der Waals surface area contributed by atoms with Crippen LogP contribution in [0.1, 0.15) is 5.56 Å². The zero-order valence-electron chi connectivity index (χ0n) is 13.9. The summed E-state index contributed by atoms with van der Waals surface area (Å²) in [7, 11) is -1.84. The van der Waals surface area contributed by atoms with E-state index in [1.54, 1.807) is 19.2 Å². The monoisotopic (exact) mass is 386 g/mol. The van der Waals surface area contributed by atoms with Gasteiger partial charge in [0.15, 0.2) is 0 Å². The lowest BCUT2D eigenvalue weighted by atomic mass is 10.2. The molecule has 0 heterocycles. The maximum Gasteiger partial charge on any atom is 0.240 e. The maximum atomic E-state index is 12.3. The van der Waals surface area contributed by atoms with Gasteiger partial charge in [-0.2, -0.15) is 0 Å². The smallest absolute Gasteiger partial charge is 0.240 e. The molecule has 0 saturated carbocycles. The highest BCUT2D eigenvalue weighted by Gasteiger charge is 2.13. The van der Waals surface area contributed by atoms with Gasteiger partial charge in [-0.1, -0.05) is 30.3 Å². The molecule has 25 heavy (non-hydrogen) atoms. The van der Waals surface area contributed by atoms with E-state index in [9.17, 15) is 13.5 Å². The fraction of sp³-hybridized carbons (Fsp3) is 0.294. The van der Waals surface area contributed by atoms with Crippen molar-refractivity contribution in [2.45, 2.75) is 17.5 Å². The first-order chi connectivity index (χ1) is 11.5. The van der Waals surface area contributed by atoms with Gasteiger partial charge in [0.25, 0.3) is 0 Å². The molecule has 0 aliphatic rings. The highest BCUT2D eigenvalue weighted by Crippen LogP contribution is 2.16. The second-order valence-electron chi connectivity index (χ2n) is 5.30. The Morgan fingerprint density at radius 2 is 1.72 bits per heavy atom. The third-order valence-corrected chi connectivity index (χ3v) is 4.74. The fourth-order valence-electron chi connectivity index (χ4n) is 2.06. The van der Waals surface area contributed by atoms with Crippen LogP contribution in [0.2, 0.25) is 0 Å². The summed E-state index contributed by atoms with van der Waals surface area (Å²) in [6.07, 6.45) is -0.619. The molecule has 0 aliphatic carbocycles. The van der Waals surface area contributed by atoms with Crippen LogP contribution in [0.4, 0.5) is 0 Å². The first-order valence-corrected chi connectivity index (χ1v) is 9.08. The van der Waals surface area contributed by atoms with Crippen molar-refractivity contribution in [2.75, 3.05) is 20.2 Å². The molecule has 6 nitrogen and oxygen atoms in total. The quantitative estimate of drug-likeness (QED) is 0.608. The predicted molar refractivity (Wildman–Crippen MR) is 99.6 cm³/mol. The Morgan fingerprint density at radius 1 is 1.08 bits per heavy atom. The van der Waals surface area contributed by atoms with Crippen LogP contribution in [0, 0.1) is 0 Å². The molecule has 1 unspecified atom stereocenters. The van der Waals surface area contributed by atoms with Gasteiger partial charge in [0.1, 0.15) is 18.5 Å². The van der Waals surface area contributed by atoms with Crippen molar-refractivity contribution in [1.82, 2.24) is 10.0 Å². The van der Waals surface area contributed by atoms with E-state index in [0.29, 0.717) is 12.3 Å². The standard InChI is InChI=1S/C17H22N2O4S.ClH/c1-18-12-15(20)13-23-16-7-9-17(10-8-16)24(21,22)19-11-14-5-3-2-4-6-14;/h2-10,15,18-20H,11-13H2,1H3;1H. The van der Waals surface area contributed by atoms with Crippen LogP contribution in [0.3, 0.4) is 0 Å². The van der Waals surface area contributed by atoms with Gasteiger partial charge in [-0.15, -0.1) is 12.4 Å². The number of aliphatic hydroxyl groups is 1. The zero-order chi connectivity index (χ0) is 17.4. The van der Waals surface area contributed by atoms with Crippen LogP contribution in [0.15, 0.2) is 59.5 Å². The Balaban J connectivity index is 0.00000312. The lowest BCUT2D eigenvalue weighted by Gasteiger charge is -2.12. The van der Waals surface area contributed by atoms with Crippen molar-refractivity contribution >= 4 is 22.4 Å². The first-order valence-electron chi connectivity index (χ1n) is 7.60. The molecular formula is C17H23ClN2O4S. The Hall–Kier alpha value is -1.64. The number of hydrogen-bond donors (Lipinski definition) is 3. The van der Waals surface area contributed by atoms with Gasteiger partial charge in [-0.3, -0.25) is 0 Å². The summed E-state index contributed by atoms with van der Waals surface area (Å²) in [6.45, 7) is 0.798. The second kappa shape index (κ2) is 10.4. The van der Waals surface area contributed by atoms with E-state index in [1.165, 1.54) is 12.1 Å². The Kier molecular flexibility index (Phi) is 8.88. The van der Waals surface area contributed by atoms with Crippen molar-refractivity contribution in [3.63, 3.8) is 0 Å². The van der Waals surface area contributed by atoms with Gasteiger partial charge in [-0.25, -0.2) is 13.1 Å². The van der Waals surface area contributed by atoms with Crippen molar-refractivity contribution in [1.29, 1.82) is 0 Å². The summed E-state index contributed by atoms with van der Waals surface area (Å²) in [6, 6.07) is 15.4. The fourth-order valence-corrected chi connectivity index (χ4v) is 3.08. The lowest BCUT2D eigenvalue weighted by molar-refractivity contribution is 0.108. The van der Waals surface area contributed by atoms with Crippen LogP contribution < -0.4 is 14.8 Å². The first kappa shape index (κ1) is 21.4. The van der Waals surface area contributed by atoms with E-state index in [-0.39, 0.29) is 30.5 Å². The van der Waals surface area contributed by atoms with Crippen molar-refractivity contribution in [3.05, 3.63) is 60.2 Å². The van der Waals surface area contributed by atoms with Crippen molar-refractivity contribution in [2.24, 2.45) is 0 Å². The lowest BCUT2D eigenvalue weighted by Crippen LogP contribution is -2.29. The molecule has 2 aromatic rings. The summed E-state index contributed by atoms with van der Waals surface area (Å²) < 4.78 is 32.5. The highest BCUT2D eigenvalue weighted by atomic mass is 35.5. The topological polar surface area (TPSA) is 87.7 Å². The largest absolute Gasteiger partial charge is 0.491 e. The van der Waals surface area contributed by atoms with E-state index < -0.39 is 16.1 Å². The molecule has 0 radical (unpaired) electrons. The molecule has 2 rings (SSSR count). The van der Waals surface area contributed by atoms with Gasteiger partial charge >= 0.3 is 0 Å². The van der Waals surface area contributed by atoms with Gasteiger partial charge < -0.3 is 15.2 Å². The van der Waals surface area contributed by atoms with E-state index in [0.717, 1.165) is 5.56 Å². The van der Waals surface area contributed by atoms with Gasteiger partial charge in [0.05, 0.1) is 4.90 Å². The van der Waals surface area contributed by atoms with Crippen LogP contribution >= 0.6 is 12.4 Å². The summed E-state index contributed by atoms with van der Waals surface area (Å²) in [5.74, 6) is 0.507. The number of halogens is 1. The third-order valence-electron chi connectivity index (χ3n) is 3.33. The van der Waals surface area contributed by atoms with Crippen molar-refractivity contribution < 1.29 is 18.3 Å². The van der Waals surface area contributed by atoms with Crippen LogP contribution in [-0.4, -0.2) is 39.8 Å². The molecule has 0 fully saturated rings. The van der Waals surface area contributed by atoms with E-state index in [2.05, 4.69) is 10.0 Å². The number of ether oxygens (including phenoxy) is 1. The number of benzene rings is 2. The van der Waals surface area contributed by atoms with Gasteiger partial charge in [-0.05, 0) is 36.9 Å². The number of rotatable bonds is 9. The molecule has 0 bridgehead atoms. The summed E-state index contributed by atoms with van der Waals surface area (Å²) in [5.41, 5.74) is 0.888. The third kappa shape index (κ3) is 7.01. The molecule has 138 valence electrons. The Morgan fingerprint density at radius 3 is 2.32 bits per heavy atom. The Bertz CT molecular complexity index is 724. The zero-order valence-corrected chi connectivity index (χ0v) is 15.5. The van der Waals surface area contributed by atoms with Crippen LogP contribution in [0.5, 0.6) is 5.75 Å². The highest BCUT2D eigenvalue weighted by molar-refractivity contribution is 7.89. The second-order valence-corrected chi connectivity index (χ2v) is 7.07. The number of nitrogens with one attached hydrogen (secondary N) is 2. The molecule has 0 saturated heterocycles. The number of likely N-dealkylation sites (N-methyl/N-ethyl adjacent to an activating group) is 1. The molecule has 0 aromatic heterocycles. The summed E-state index contributed by atoms with van der Waals surface area (Å²) in [4.78, 5) is 0.168. The summed E-state index contributed by atoms with van der Waals surface area (Å²) in [5, 5.41) is 12.4. The minimum Gasteiger partial charge on any atom is -0.491 e. The molecule has 1 atom stereocenters. The molecule has 8 heteroatoms. The van der Waals surface area contributed by atoms with Gasteiger partial charge in [0.2, 0.25) is 10.0 Å². The maximum absolute atomic E-state index is 12.3. The van der Waals surface area contributed by atoms with E-state index in [1.807, 2.05) is 30.3 Å². The van der Waals surface area contributed by atoms with Crippen molar-refractivity contribution in [3.8, 4) is 5.75 Å². The SMILES string of the molecule is CNCC(O)COc1ccc(S(=O)(=O)NCc2ccccc2)cc1.Cl. The predicted octanol–water partition coefficient (Wildman–Crippen LogP) is 1.55. The minimum atomic E-state index is -3.58. The normalized spacial score (nSPS) is 12.2. The minimum absolute atomic E-state index is 0. The number of aliphatic hydroxyl groups excluding tert-OH is 1. The Labute approximate surface area is 154 Å². The molecule has 0 spiro atoms. The average molecular weight is 387 g/mol. The number of hydrogen-bond acceptors (Lipinski definition) is 5. The molecular weight excluding hydrogens is 364 g/mol. The summed E-state index contributed by atoms with van der Waals surface area (Å²) >= 11 is 0. The molecule has 0 aliphatic heterocycles. The van der Waals surface area contributed by atoms with Crippen LogP contribution in [0.25, 0.3) is 0 Å². The van der Waals surface area contributed by atoms with E-state index in [4.69, 9.17) is 4.74 Å². The van der Waals surface area contributed by atoms with Crippen LogP contribution in [-0.2, 0) is 16.6 Å². The molecule has 3 N–H and O–H groups in total.